The number of ether oxygens (including phenoxy) is 1. The first kappa shape index (κ1) is 15.1. The Labute approximate surface area is 126 Å². The number of nitrogens with one attached hydrogen (secondary N) is 1. The summed E-state index contributed by atoms with van der Waals surface area (Å²) in [6, 6.07) is 9.08. The molecule has 0 unspecified atom stereocenters. The Hall–Kier alpha value is -2.27. The number of benzene rings is 2. The van der Waals surface area contributed by atoms with Gasteiger partial charge < -0.3 is 15.8 Å². The quantitative estimate of drug-likeness (QED) is 0.853. The van der Waals surface area contributed by atoms with Crippen molar-refractivity contribution >= 4 is 23.2 Å². The number of anilines is 1. The zero-order chi connectivity index (χ0) is 15.4. The van der Waals surface area contributed by atoms with Crippen molar-refractivity contribution in [1.29, 1.82) is 0 Å². The van der Waals surface area contributed by atoms with E-state index in [0.717, 1.165) is 0 Å². The SMILES string of the molecule is COc1ccc(N)cc1C(=O)NCc1ccc(F)c(Cl)c1. The van der Waals surface area contributed by atoms with Gasteiger partial charge in [-0.25, -0.2) is 4.39 Å². The molecule has 4 nitrogen and oxygen atoms in total. The second-order valence-corrected chi connectivity index (χ2v) is 4.80. The molecule has 0 radical (unpaired) electrons. The summed E-state index contributed by atoms with van der Waals surface area (Å²) in [4.78, 5) is 12.1. The third-order valence-electron chi connectivity index (χ3n) is 2.91. The van der Waals surface area contributed by atoms with E-state index >= 15 is 0 Å². The number of hydrogen-bond donors (Lipinski definition) is 2. The fourth-order valence-corrected chi connectivity index (χ4v) is 2.03. The molecule has 3 N–H and O–H groups in total. The summed E-state index contributed by atoms with van der Waals surface area (Å²) in [6.07, 6.45) is 0. The smallest absolute Gasteiger partial charge is 0.255 e. The predicted octanol–water partition coefficient (Wildman–Crippen LogP) is 3.00. The van der Waals surface area contributed by atoms with Crippen LogP contribution in [-0.4, -0.2) is 13.0 Å². The van der Waals surface area contributed by atoms with Crippen molar-refractivity contribution in [1.82, 2.24) is 5.32 Å². The molecule has 0 aromatic heterocycles. The van der Waals surface area contributed by atoms with E-state index < -0.39 is 5.82 Å². The van der Waals surface area contributed by atoms with Crippen molar-refractivity contribution in [3.05, 3.63) is 58.4 Å². The zero-order valence-electron chi connectivity index (χ0n) is 11.3. The Bertz CT molecular complexity index is 677. The molecule has 0 saturated heterocycles. The Balaban J connectivity index is 2.11. The van der Waals surface area contributed by atoms with Crippen LogP contribution in [0.15, 0.2) is 36.4 Å². The van der Waals surface area contributed by atoms with Crippen molar-refractivity contribution in [2.45, 2.75) is 6.54 Å². The molecule has 0 aliphatic heterocycles. The Morgan fingerprint density at radius 1 is 1.33 bits per heavy atom. The summed E-state index contributed by atoms with van der Waals surface area (Å²) in [7, 11) is 1.47. The molecule has 0 fully saturated rings. The third kappa shape index (κ3) is 3.64. The van der Waals surface area contributed by atoms with E-state index in [1.54, 1.807) is 18.2 Å². The van der Waals surface area contributed by atoms with Crippen molar-refractivity contribution < 1.29 is 13.9 Å². The van der Waals surface area contributed by atoms with Gasteiger partial charge in [0.25, 0.3) is 5.91 Å². The minimum atomic E-state index is -0.496. The second-order valence-electron chi connectivity index (χ2n) is 4.39. The van der Waals surface area contributed by atoms with E-state index in [9.17, 15) is 9.18 Å². The van der Waals surface area contributed by atoms with Gasteiger partial charge in [-0.3, -0.25) is 4.79 Å². The molecule has 2 aromatic rings. The fourth-order valence-electron chi connectivity index (χ4n) is 1.83. The van der Waals surface area contributed by atoms with E-state index in [1.165, 1.54) is 25.3 Å². The second kappa shape index (κ2) is 6.45. The predicted molar refractivity (Wildman–Crippen MR) is 80.0 cm³/mol. The van der Waals surface area contributed by atoms with Gasteiger partial charge in [0.1, 0.15) is 11.6 Å². The van der Waals surface area contributed by atoms with Crippen LogP contribution in [0.25, 0.3) is 0 Å². The highest BCUT2D eigenvalue weighted by molar-refractivity contribution is 6.30. The van der Waals surface area contributed by atoms with Crippen LogP contribution >= 0.6 is 11.6 Å². The van der Waals surface area contributed by atoms with E-state index in [2.05, 4.69) is 5.32 Å². The lowest BCUT2D eigenvalue weighted by Crippen LogP contribution is -2.23. The van der Waals surface area contributed by atoms with Gasteiger partial charge in [-0.1, -0.05) is 17.7 Å². The van der Waals surface area contributed by atoms with E-state index in [0.29, 0.717) is 22.6 Å². The molecule has 2 rings (SSSR count). The zero-order valence-corrected chi connectivity index (χ0v) is 12.1. The minimum absolute atomic E-state index is 0.0169. The van der Waals surface area contributed by atoms with Crippen LogP contribution in [0.2, 0.25) is 5.02 Å². The monoisotopic (exact) mass is 308 g/mol. The highest BCUT2D eigenvalue weighted by Gasteiger charge is 2.12. The van der Waals surface area contributed by atoms with Crippen LogP contribution in [-0.2, 0) is 6.54 Å². The first-order valence-electron chi connectivity index (χ1n) is 6.17. The lowest BCUT2D eigenvalue weighted by molar-refractivity contribution is 0.0948. The standard InChI is InChI=1S/C15H14ClFN2O2/c1-21-14-5-3-10(18)7-11(14)15(20)19-8-9-2-4-13(17)12(16)6-9/h2-7H,8,18H2,1H3,(H,19,20). The number of carbonyl (C=O) groups excluding carboxylic acids is 1. The number of hydrogen-bond acceptors (Lipinski definition) is 3. The largest absolute Gasteiger partial charge is 0.496 e. The van der Waals surface area contributed by atoms with Gasteiger partial charge in [0, 0.05) is 12.2 Å². The maximum atomic E-state index is 13.1. The topological polar surface area (TPSA) is 64.3 Å². The molecule has 0 spiro atoms. The number of nitrogen functional groups attached to an aromatic ring is 1. The summed E-state index contributed by atoms with van der Waals surface area (Å²) in [5, 5.41) is 2.73. The molecule has 0 aliphatic rings. The molecule has 0 atom stereocenters. The average molecular weight is 309 g/mol. The van der Waals surface area contributed by atoms with Gasteiger partial charge in [0.15, 0.2) is 0 Å². The Morgan fingerprint density at radius 2 is 2.10 bits per heavy atom. The summed E-state index contributed by atoms with van der Waals surface area (Å²) in [5.74, 6) is -0.400. The molecule has 6 heteroatoms. The van der Waals surface area contributed by atoms with E-state index in [4.69, 9.17) is 22.1 Å². The fraction of sp³-hybridized carbons (Fsp3) is 0.133. The number of halogens is 2. The summed E-state index contributed by atoms with van der Waals surface area (Å²) >= 11 is 5.69. The molecule has 110 valence electrons. The average Bonchev–Trinajstić information content (AvgIpc) is 2.48. The molecule has 21 heavy (non-hydrogen) atoms. The van der Waals surface area contributed by atoms with Crippen LogP contribution in [0, 0.1) is 5.82 Å². The lowest BCUT2D eigenvalue weighted by atomic mass is 10.1. The molecule has 0 saturated carbocycles. The Kier molecular flexibility index (Phi) is 4.65. The molecule has 0 bridgehead atoms. The van der Waals surface area contributed by atoms with Crippen LogP contribution in [0.5, 0.6) is 5.75 Å². The molecule has 0 aliphatic carbocycles. The summed E-state index contributed by atoms with van der Waals surface area (Å²) in [6.45, 7) is 0.219. The Morgan fingerprint density at radius 3 is 2.76 bits per heavy atom. The maximum absolute atomic E-state index is 13.1. The molecular formula is C15H14ClFN2O2. The minimum Gasteiger partial charge on any atom is -0.496 e. The van der Waals surface area contributed by atoms with E-state index in [1.807, 2.05) is 0 Å². The number of rotatable bonds is 4. The maximum Gasteiger partial charge on any atom is 0.255 e. The van der Waals surface area contributed by atoms with Crippen LogP contribution in [0.3, 0.4) is 0 Å². The van der Waals surface area contributed by atoms with Gasteiger partial charge >= 0.3 is 0 Å². The summed E-state index contributed by atoms with van der Waals surface area (Å²) in [5.41, 5.74) is 7.16. The van der Waals surface area contributed by atoms with Crippen molar-refractivity contribution in [3.63, 3.8) is 0 Å². The van der Waals surface area contributed by atoms with Gasteiger partial charge in [0.2, 0.25) is 0 Å². The normalized spacial score (nSPS) is 10.2. The van der Waals surface area contributed by atoms with Gasteiger partial charge in [0.05, 0.1) is 17.7 Å². The number of nitrogens with two attached hydrogens (primary N) is 1. The van der Waals surface area contributed by atoms with Crippen LogP contribution in [0.1, 0.15) is 15.9 Å². The van der Waals surface area contributed by atoms with Crippen molar-refractivity contribution in [3.8, 4) is 5.75 Å². The first-order chi connectivity index (χ1) is 10.0. The van der Waals surface area contributed by atoms with Crippen molar-refractivity contribution in [2.24, 2.45) is 0 Å². The first-order valence-corrected chi connectivity index (χ1v) is 6.54. The van der Waals surface area contributed by atoms with Crippen LogP contribution < -0.4 is 15.8 Å². The number of amides is 1. The van der Waals surface area contributed by atoms with Crippen LogP contribution in [0.4, 0.5) is 10.1 Å². The van der Waals surface area contributed by atoms with Gasteiger partial charge in [-0.2, -0.15) is 0 Å². The lowest BCUT2D eigenvalue weighted by Gasteiger charge is -2.10. The molecule has 1 amide bonds. The van der Waals surface area contributed by atoms with E-state index in [-0.39, 0.29) is 17.5 Å². The van der Waals surface area contributed by atoms with Gasteiger partial charge in [-0.05, 0) is 35.9 Å². The highest BCUT2D eigenvalue weighted by atomic mass is 35.5. The van der Waals surface area contributed by atoms with Crippen molar-refractivity contribution in [2.75, 3.05) is 12.8 Å². The molecule has 0 heterocycles. The number of carbonyl (C=O) groups is 1. The molecule has 2 aromatic carbocycles. The third-order valence-corrected chi connectivity index (χ3v) is 3.19. The molecular weight excluding hydrogens is 295 g/mol. The highest BCUT2D eigenvalue weighted by Crippen LogP contribution is 2.21. The number of methoxy groups -OCH3 is 1. The van der Waals surface area contributed by atoms with Gasteiger partial charge in [-0.15, -0.1) is 0 Å². The summed E-state index contributed by atoms with van der Waals surface area (Å²) < 4.78 is 18.2.